The molecule has 9 nitrogen and oxygen atoms in total. The molecule has 1 N–H and O–H groups in total. The van der Waals surface area contributed by atoms with Gasteiger partial charge >= 0.3 is 17.9 Å². The predicted molar refractivity (Wildman–Crippen MR) is 373 cm³/mol. The van der Waals surface area contributed by atoms with Crippen molar-refractivity contribution in [3.63, 3.8) is 0 Å². The van der Waals surface area contributed by atoms with Crippen molar-refractivity contribution < 1.29 is 42.9 Å². The topological polar surface area (TPSA) is 108 Å². The van der Waals surface area contributed by atoms with Crippen molar-refractivity contribution in [1.82, 2.24) is 0 Å². The first-order valence-electron chi connectivity index (χ1n) is 34.3. The molecule has 87 heavy (non-hydrogen) atoms. The normalized spacial score (nSPS) is 13.8. The third kappa shape index (κ3) is 68.0. The average Bonchev–Trinajstić information content (AvgIpc) is 3.55. The lowest BCUT2D eigenvalue weighted by atomic mass is 10.1. The second-order valence-electron chi connectivity index (χ2n) is 23.4. The Kier molecular flexibility index (Phi) is 62.5. The van der Waals surface area contributed by atoms with Gasteiger partial charge < -0.3 is 28.5 Å². The first-order chi connectivity index (χ1) is 42.6. The number of hydrogen-bond donors (Lipinski definition) is 1. The molecule has 0 aliphatic carbocycles. The summed E-state index contributed by atoms with van der Waals surface area (Å²) in [5.41, 5.74) is 0. The maximum absolute atomic E-state index is 12.9. The third-order valence-corrected chi connectivity index (χ3v) is 14.0. The third-order valence-electron chi connectivity index (χ3n) is 14.0. The first-order valence-corrected chi connectivity index (χ1v) is 34.3. The van der Waals surface area contributed by atoms with E-state index in [1.807, 2.05) is 21.1 Å². The average molecular weight is 1210 g/mol. The number of hydrogen-bond acceptors (Lipinski definition) is 7. The van der Waals surface area contributed by atoms with E-state index in [9.17, 15) is 19.5 Å². The Labute approximate surface area is 533 Å². The minimum atomic E-state index is -1.53. The number of esters is 2. The van der Waals surface area contributed by atoms with Crippen molar-refractivity contribution in [3.8, 4) is 0 Å². The van der Waals surface area contributed by atoms with E-state index in [0.717, 1.165) is 148 Å². The summed E-state index contributed by atoms with van der Waals surface area (Å²) in [6.45, 7) is 4.70. The van der Waals surface area contributed by atoms with Crippen LogP contribution in [-0.4, -0.2) is 87.4 Å². The maximum Gasteiger partial charge on any atom is 0.361 e. The largest absolute Gasteiger partial charge is 0.477 e. The Morgan fingerprint density at radius 3 is 0.977 bits per heavy atom. The summed E-state index contributed by atoms with van der Waals surface area (Å²) in [4.78, 5) is 37.6. The van der Waals surface area contributed by atoms with Crippen LogP contribution in [0.2, 0.25) is 0 Å². The van der Waals surface area contributed by atoms with Gasteiger partial charge in [0.2, 0.25) is 0 Å². The molecular formula is C78H126NO8+. The fourth-order valence-electron chi connectivity index (χ4n) is 8.73. The molecule has 0 heterocycles. The fraction of sp³-hybridized carbons (Fsp3) is 0.603. The van der Waals surface area contributed by atoms with Gasteiger partial charge in [0.15, 0.2) is 6.10 Å². The lowest BCUT2D eigenvalue weighted by Gasteiger charge is -2.25. The van der Waals surface area contributed by atoms with E-state index >= 15 is 0 Å². The van der Waals surface area contributed by atoms with Gasteiger partial charge in [-0.1, -0.05) is 267 Å². The monoisotopic (exact) mass is 1200 g/mol. The summed E-state index contributed by atoms with van der Waals surface area (Å²) in [5.74, 6) is -2.06. The molecule has 2 unspecified atom stereocenters. The highest BCUT2D eigenvalue weighted by atomic mass is 16.7. The first kappa shape index (κ1) is 81.7. The van der Waals surface area contributed by atoms with Gasteiger partial charge in [-0.3, -0.25) is 9.59 Å². The number of carbonyl (C=O) groups is 3. The Morgan fingerprint density at radius 1 is 0.356 bits per heavy atom. The lowest BCUT2D eigenvalue weighted by Crippen LogP contribution is -2.40. The molecule has 0 aromatic rings. The summed E-state index contributed by atoms with van der Waals surface area (Å²) >= 11 is 0. The van der Waals surface area contributed by atoms with Crippen LogP contribution in [0.1, 0.15) is 245 Å². The number of aliphatic carboxylic acids is 1. The number of carboxylic acid groups (broad SMARTS) is 1. The second kappa shape index (κ2) is 66.6. The van der Waals surface area contributed by atoms with Gasteiger partial charge in [-0.2, -0.15) is 0 Å². The minimum Gasteiger partial charge on any atom is -0.477 e. The van der Waals surface area contributed by atoms with E-state index in [-0.39, 0.29) is 38.6 Å². The Morgan fingerprint density at radius 2 is 0.655 bits per heavy atom. The molecule has 0 aromatic heterocycles. The van der Waals surface area contributed by atoms with Crippen LogP contribution < -0.4 is 0 Å². The molecular weight excluding hydrogens is 1080 g/mol. The molecule has 9 heteroatoms. The van der Waals surface area contributed by atoms with Gasteiger partial charge in [0, 0.05) is 12.8 Å². The Bertz CT molecular complexity index is 2030. The Hall–Kier alpha value is -5.35. The van der Waals surface area contributed by atoms with E-state index in [1.54, 1.807) is 0 Å². The Balaban J connectivity index is 4.26. The van der Waals surface area contributed by atoms with Crippen LogP contribution in [0, 0.1) is 0 Å². The van der Waals surface area contributed by atoms with Crippen LogP contribution >= 0.6 is 0 Å². The van der Waals surface area contributed by atoms with Crippen LogP contribution in [-0.2, 0) is 33.3 Å². The molecule has 0 radical (unpaired) electrons. The lowest BCUT2D eigenvalue weighted by molar-refractivity contribution is -0.870. The minimum absolute atomic E-state index is 0.173. The van der Waals surface area contributed by atoms with Crippen LogP contribution in [0.4, 0.5) is 0 Å². The van der Waals surface area contributed by atoms with E-state index in [4.69, 9.17) is 18.9 Å². The van der Waals surface area contributed by atoms with Crippen LogP contribution in [0.25, 0.3) is 0 Å². The smallest absolute Gasteiger partial charge is 0.361 e. The van der Waals surface area contributed by atoms with E-state index < -0.39 is 24.3 Å². The van der Waals surface area contributed by atoms with Crippen LogP contribution in [0.3, 0.4) is 0 Å². The number of likely N-dealkylation sites (N-methyl/N-ethyl adjacent to an activating group) is 1. The van der Waals surface area contributed by atoms with Gasteiger partial charge in [0.25, 0.3) is 6.29 Å². The van der Waals surface area contributed by atoms with Crippen molar-refractivity contribution in [3.05, 3.63) is 170 Å². The van der Waals surface area contributed by atoms with Crippen molar-refractivity contribution in [2.24, 2.45) is 0 Å². The molecule has 0 bridgehead atoms. The molecule has 0 amide bonds. The van der Waals surface area contributed by atoms with Crippen molar-refractivity contribution in [1.29, 1.82) is 0 Å². The maximum atomic E-state index is 12.9. The van der Waals surface area contributed by atoms with Gasteiger partial charge in [-0.05, 0) is 135 Å². The van der Waals surface area contributed by atoms with E-state index in [1.165, 1.54) is 64.2 Å². The summed E-state index contributed by atoms with van der Waals surface area (Å²) in [5, 5.41) is 9.74. The fourth-order valence-corrected chi connectivity index (χ4v) is 8.73. The van der Waals surface area contributed by atoms with Crippen molar-refractivity contribution in [2.75, 3.05) is 47.5 Å². The van der Waals surface area contributed by atoms with E-state index in [0.29, 0.717) is 17.4 Å². The number of carboxylic acids is 1. The van der Waals surface area contributed by atoms with E-state index in [2.05, 4.69) is 184 Å². The van der Waals surface area contributed by atoms with Gasteiger partial charge in [0.1, 0.15) is 13.2 Å². The molecule has 490 valence electrons. The zero-order valence-corrected chi connectivity index (χ0v) is 55.9. The van der Waals surface area contributed by atoms with Gasteiger partial charge in [0.05, 0.1) is 34.4 Å². The number of nitrogens with zero attached hydrogens (tertiary/aromatic N) is 1. The number of ether oxygens (including phenoxy) is 4. The quantitative estimate of drug-likeness (QED) is 0.0211. The number of unbranched alkanes of at least 4 members (excludes halogenated alkanes) is 18. The predicted octanol–water partition coefficient (Wildman–Crippen LogP) is 21.5. The molecule has 0 fully saturated rings. The number of carbonyl (C=O) groups excluding carboxylic acids is 2. The van der Waals surface area contributed by atoms with Crippen LogP contribution in [0.15, 0.2) is 170 Å². The molecule has 2 atom stereocenters. The molecule has 0 spiro atoms. The zero-order valence-electron chi connectivity index (χ0n) is 55.9. The molecule has 0 rings (SSSR count). The molecule has 0 aliphatic heterocycles. The summed E-state index contributed by atoms with van der Waals surface area (Å²) in [7, 11) is 5.95. The summed E-state index contributed by atoms with van der Waals surface area (Å²) in [6.07, 6.45) is 97.3. The highest BCUT2D eigenvalue weighted by Gasteiger charge is 2.25. The second-order valence-corrected chi connectivity index (χ2v) is 23.4. The summed E-state index contributed by atoms with van der Waals surface area (Å²) in [6, 6.07) is 0. The van der Waals surface area contributed by atoms with Gasteiger partial charge in [-0.15, -0.1) is 0 Å². The van der Waals surface area contributed by atoms with Gasteiger partial charge in [-0.25, -0.2) is 4.79 Å². The molecule has 0 aliphatic rings. The highest BCUT2D eigenvalue weighted by molar-refractivity contribution is 5.71. The van der Waals surface area contributed by atoms with Crippen molar-refractivity contribution >= 4 is 17.9 Å². The molecule has 0 aromatic carbocycles. The highest BCUT2D eigenvalue weighted by Crippen LogP contribution is 2.14. The SMILES string of the molecule is CC/C=C\C/C=C\C/C=C\C/C=C\C/C=C\C/C=C\C/C=C\C/C=C\C/C=C\C/C=C\C/C=C\CCCCCCCC(=O)OC(COC(=O)CCCCCCCCCC/C=C\C/C=C\C/C=C\CCCCCCC)COC(OCC[N+](C)(C)C)C(=O)O. The van der Waals surface area contributed by atoms with Crippen LogP contribution in [0.5, 0.6) is 0 Å². The standard InChI is InChI=1S/C78H125NO8/c1-6-8-10-12-14-16-18-20-22-24-26-28-30-31-32-33-34-35-36-37-38-39-40-41-42-43-44-45-47-49-51-53-55-57-59-61-63-65-67-69-76(81)87-74(73-86-78(77(82)83)84-71-70-79(3,4)5)72-85-75(80)68-66-64-62-60-58-56-54-52-50-48-46-29-27-25-23-21-19-17-15-13-11-9-7-2/h8,10,14,16,19-22,25-28,31-32,34-35,37-38,40-41,43-44,46-49,53,55,74,78H,6-7,9,11-13,15,17-18,23-24,29-30,33,36,39,42,45,50-52,54,56-73H2,1-5H3/p+1/b10-8-,16-14-,21-19-,22-20-,27-25-,28-26-,32-31-,35-34-,38-37-,41-40-,44-43-,48-46-,49-47-,55-53-. The molecule has 0 saturated heterocycles. The number of allylic oxidation sites excluding steroid dienone is 28. The summed E-state index contributed by atoms with van der Waals surface area (Å²) < 4.78 is 22.9. The van der Waals surface area contributed by atoms with Crippen molar-refractivity contribution in [2.45, 2.75) is 257 Å². The number of rotatable bonds is 61. The zero-order chi connectivity index (χ0) is 63.3. The molecule has 0 saturated carbocycles. The number of quaternary nitrogens is 1.